The number of fused-ring (bicyclic) bond motifs is 1. The number of hydrogen-bond donors (Lipinski definition) is 1. The molecule has 20 heavy (non-hydrogen) atoms. The van der Waals surface area contributed by atoms with Crippen LogP contribution in [0.4, 0.5) is 0 Å². The lowest BCUT2D eigenvalue weighted by atomic mass is 9.91. The molecule has 0 spiro atoms. The van der Waals surface area contributed by atoms with Crippen LogP contribution in [0.5, 0.6) is 5.75 Å². The van der Waals surface area contributed by atoms with E-state index < -0.39 is 6.10 Å². The molecule has 0 radical (unpaired) electrons. The number of aryl methyl sites for hydroxylation is 1. The molecule has 0 bridgehead atoms. The average molecular weight is 275 g/mol. The number of benzene rings is 1. The van der Waals surface area contributed by atoms with Crippen molar-refractivity contribution in [3.05, 3.63) is 29.3 Å². The van der Waals surface area contributed by atoms with E-state index in [4.69, 9.17) is 4.74 Å². The van der Waals surface area contributed by atoms with Gasteiger partial charge in [-0.15, -0.1) is 0 Å². The van der Waals surface area contributed by atoms with Crippen LogP contribution in [0.2, 0.25) is 0 Å². The minimum Gasteiger partial charge on any atom is -0.481 e. The first kappa shape index (κ1) is 14.9. The Bertz CT molecular complexity index is 470. The first-order chi connectivity index (χ1) is 9.61. The van der Waals surface area contributed by atoms with Crippen molar-refractivity contribution >= 4 is 5.91 Å². The fourth-order valence-corrected chi connectivity index (χ4v) is 2.56. The fourth-order valence-electron chi connectivity index (χ4n) is 2.56. The van der Waals surface area contributed by atoms with Crippen LogP contribution in [0.25, 0.3) is 0 Å². The highest BCUT2D eigenvalue weighted by Crippen LogP contribution is 2.30. The van der Waals surface area contributed by atoms with Crippen molar-refractivity contribution in [3.8, 4) is 5.75 Å². The Balaban J connectivity index is 2.04. The molecule has 3 nitrogen and oxygen atoms in total. The molecular weight excluding hydrogens is 250 g/mol. The van der Waals surface area contributed by atoms with Gasteiger partial charge in [-0.3, -0.25) is 4.79 Å². The van der Waals surface area contributed by atoms with Gasteiger partial charge in [0, 0.05) is 6.04 Å². The largest absolute Gasteiger partial charge is 0.481 e. The minimum atomic E-state index is -0.447. The van der Waals surface area contributed by atoms with Crippen LogP contribution in [-0.4, -0.2) is 18.1 Å². The lowest BCUT2D eigenvalue weighted by Crippen LogP contribution is -2.41. The van der Waals surface area contributed by atoms with Gasteiger partial charge in [0.15, 0.2) is 6.10 Å². The van der Waals surface area contributed by atoms with Crippen molar-refractivity contribution in [1.82, 2.24) is 5.32 Å². The van der Waals surface area contributed by atoms with E-state index >= 15 is 0 Å². The van der Waals surface area contributed by atoms with E-state index in [9.17, 15) is 4.79 Å². The Labute approximate surface area is 121 Å². The summed E-state index contributed by atoms with van der Waals surface area (Å²) in [6, 6.07) is 6.37. The van der Waals surface area contributed by atoms with E-state index in [0.717, 1.165) is 25.0 Å². The van der Waals surface area contributed by atoms with Gasteiger partial charge < -0.3 is 10.1 Å². The molecular formula is C17H25NO2. The molecule has 0 aliphatic heterocycles. The molecule has 110 valence electrons. The second-order valence-corrected chi connectivity index (χ2v) is 5.68. The van der Waals surface area contributed by atoms with Crippen molar-refractivity contribution in [2.75, 3.05) is 0 Å². The van der Waals surface area contributed by atoms with E-state index in [2.05, 4.69) is 18.3 Å². The maximum atomic E-state index is 12.0. The molecule has 1 amide bonds. The van der Waals surface area contributed by atoms with Gasteiger partial charge in [0.25, 0.3) is 5.91 Å². The molecule has 2 rings (SSSR count). The lowest BCUT2D eigenvalue weighted by Gasteiger charge is -2.22. The fraction of sp³-hybridized carbons (Fsp3) is 0.588. The molecule has 1 aliphatic carbocycles. The summed E-state index contributed by atoms with van der Waals surface area (Å²) in [5.74, 6) is 0.849. The number of hydrogen-bond acceptors (Lipinski definition) is 2. The van der Waals surface area contributed by atoms with Gasteiger partial charge in [0.05, 0.1) is 0 Å². The smallest absolute Gasteiger partial charge is 0.260 e. The summed E-state index contributed by atoms with van der Waals surface area (Å²) >= 11 is 0. The van der Waals surface area contributed by atoms with Gasteiger partial charge in [0.2, 0.25) is 0 Å². The predicted molar refractivity (Wildman–Crippen MR) is 81.1 cm³/mol. The Kier molecular flexibility index (Phi) is 5.05. The molecule has 1 aromatic carbocycles. The number of nitrogens with one attached hydrogen (secondary N) is 1. The topological polar surface area (TPSA) is 38.3 Å². The molecule has 1 aromatic rings. The average Bonchev–Trinajstić information content (AvgIpc) is 2.47. The Morgan fingerprint density at radius 3 is 2.80 bits per heavy atom. The van der Waals surface area contributed by atoms with Crippen molar-refractivity contribution in [2.24, 2.45) is 0 Å². The quantitative estimate of drug-likeness (QED) is 0.896. The Morgan fingerprint density at radius 1 is 1.30 bits per heavy atom. The van der Waals surface area contributed by atoms with E-state index in [1.807, 2.05) is 26.0 Å². The molecule has 0 fully saturated rings. The lowest BCUT2D eigenvalue weighted by molar-refractivity contribution is -0.127. The summed E-state index contributed by atoms with van der Waals surface area (Å²) in [5.41, 5.74) is 2.67. The molecule has 0 saturated carbocycles. The highest BCUT2D eigenvalue weighted by Gasteiger charge is 2.19. The number of ether oxygens (including phenoxy) is 1. The molecule has 3 heteroatoms. The third-order valence-electron chi connectivity index (χ3n) is 4.03. The summed E-state index contributed by atoms with van der Waals surface area (Å²) < 4.78 is 5.91. The maximum absolute atomic E-state index is 12.0. The maximum Gasteiger partial charge on any atom is 0.260 e. The number of amides is 1. The predicted octanol–water partition coefficient (Wildman–Crippen LogP) is 3.25. The molecule has 1 N–H and O–H groups in total. The second-order valence-electron chi connectivity index (χ2n) is 5.68. The van der Waals surface area contributed by atoms with Crippen molar-refractivity contribution < 1.29 is 9.53 Å². The molecule has 0 aromatic heterocycles. The monoisotopic (exact) mass is 275 g/mol. The zero-order valence-electron chi connectivity index (χ0n) is 12.7. The van der Waals surface area contributed by atoms with Gasteiger partial charge in [-0.05, 0) is 63.1 Å². The third kappa shape index (κ3) is 3.53. The SMILES string of the molecule is CCC(C)NC(=O)C(C)Oc1cccc2c1CCCC2. The summed E-state index contributed by atoms with van der Waals surface area (Å²) in [4.78, 5) is 12.0. The van der Waals surface area contributed by atoms with Crippen LogP contribution < -0.4 is 10.1 Å². The molecule has 0 saturated heterocycles. The first-order valence-corrected chi connectivity index (χ1v) is 7.69. The van der Waals surface area contributed by atoms with Gasteiger partial charge in [-0.2, -0.15) is 0 Å². The zero-order valence-corrected chi connectivity index (χ0v) is 12.7. The molecule has 0 heterocycles. The van der Waals surface area contributed by atoms with Gasteiger partial charge in [-0.1, -0.05) is 19.1 Å². The normalized spacial score (nSPS) is 16.9. The van der Waals surface area contributed by atoms with Crippen LogP contribution in [0, 0.1) is 0 Å². The van der Waals surface area contributed by atoms with Gasteiger partial charge in [0.1, 0.15) is 5.75 Å². The highest BCUT2D eigenvalue weighted by atomic mass is 16.5. The van der Waals surface area contributed by atoms with Crippen LogP contribution in [0.3, 0.4) is 0 Å². The summed E-state index contributed by atoms with van der Waals surface area (Å²) in [5, 5.41) is 2.97. The Hall–Kier alpha value is -1.51. The number of carbonyl (C=O) groups excluding carboxylic acids is 1. The zero-order chi connectivity index (χ0) is 14.5. The molecule has 1 aliphatic rings. The van der Waals surface area contributed by atoms with Crippen LogP contribution in [0.1, 0.15) is 51.2 Å². The van der Waals surface area contributed by atoms with Gasteiger partial charge in [-0.25, -0.2) is 0 Å². The van der Waals surface area contributed by atoms with Crippen LogP contribution in [-0.2, 0) is 17.6 Å². The van der Waals surface area contributed by atoms with E-state index in [0.29, 0.717) is 0 Å². The highest BCUT2D eigenvalue weighted by molar-refractivity contribution is 5.81. The Morgan fingerprint density at radius 2 is 2.05 bits per heavy atom. The second kappa shape index (κ2) is 6.78. The summed E-state index contributed by atoms with van der Waals surface area (Å²) in [6.07, 6.45) is 5.13. The first-order valence-electron chi connectivity index (χ1n) is 7.69. The summed E-state index contributed by atoms with van der Waals surface area (Å²) in [6.45, 7) is 5.89. The molecule has 2 atom stereocenters. The van der Waals surface area contributed by atoms with E-state index in [1.165, 1.54) is 24.0 Å². The van der Waals surface area contributed by atoms with Crippen LogP contribution >= 0.6 is 0 Å². The number of carbonyl (C=O) groups is 1. The number of rotatable bonds is 5. The minimum absolute atomic E-state index is 0.0345. The standard InChI is InChI=1S/C17H25NO2/c1-4-12(2)18-17(19)13(3)20-16-11-7-9-14-8-5-6-10-15(14)16/h7,9,11-13H,4-6,8,10H2,1-3H3,(H,18,19). The van der Waals surface area contributed by atoms with E-state index in [-0.39, 0.29) is 11.9 Å². The van der Waals surface area contributed by atoms with Crippen molar-refractivity contribution in [3.63, 3.8) is 0 Å². The van der Waals surface area contributed by atoms with Gasteiger partial charge >= 0.3 is 0 Å². The van der Waals surface area contributed by atoms with E-state index in [1.54, 1.807) is 0 Å². The van der Waals surface area contributed by atoms with Crippen molar-refractivity contribution in [2.45, 2.75) is 65.0 Å². The third-order valence-corrected chi connectivity index (χ3v) is 4.03. The molecule has 2 unspecified atom stereocenters. The summed E-state index contributed by atoms with van der Waals surface area (Å²) in [7, 11) is 0. The van der Waals surface area contributed by atoms with Crippen LogP contribution in [0.15, 0.2) is 18.2 Å². The van der Waals surface area contributed by atoms with Crippen molar-refractivity contribution in [1.29, 1.82) is 0 Å².